The van der Waals surface area contributed by atoms with E-state index in [4.69, 9.17) is 27.6 Å². The summed E-state index contributed by atoms with van der Waals surface area (Å²) in [5.41, 5.74) is 0.285. The van der Waals surface area contributed by atoms with Gasteiger partial charge in [0.15, 0.2) is 10.6 Å². The Morgan fingerprint density at radius 1 is 1.12 bits per heavy atom. The molecule has 2 amide bonds. The van der Waals surface area contributed by atoms with Gasteiger partial charge in [0.25, 0.3) is 11.8 Å². The molecule has 3 aromatic rings. The maximum atomic E-state index is 12.8. The fraction of sp³-hybridized carbons (Fsp3) is 0.348. The number of rotatable bonds is 5. The number of aryl methyl sites for hydroxylation is 1. The summed E-state index contributed by atoms with van der Waals surface area (Å²) in [6, 6.07) is 8.18. The lowest BCUT2D eigenvalue weighted by Gasteiger charge is -2.33. The van der Waals surface area contributed by atoms with E-state index in [0.717, 1.165) is 24.5 Å². The third-order valence-corrected chi connectivity index (χ3v) is 6.98. The lowest BCUT2D eigenvalue weighted by Crippen LogP contribution is -2.48. The molecule has 7 nitrogen and oxygen atoms in total. The third-order valence-electron chi connectivity index (χ3n) is 5.50. The molecule has 0 radical (unpaired) electrons. The molecule has 0 spiro atoms. The predicted octanol–water partition coefficient (Wildman–Crippen LogP) is 4.32. The summed E-state index contributed by atoms with van der Waals surface area (Å²) >= 11 is 13.5. The Balaban J connectivity index is 1.51. The van der Waals surface area contributed by atoms with Crippen LogP contribution in [-0.2, 0) is 6.54 Å². The number of halogens is 2. The molecule has 1 aliphatic rings. The van der Waals surface area contributed by atoms with Crippen LogP contribution < -0.4 is 4.80 Å². The van der Waals surface area contributed by atoms with Crippen molar-refractivity contribution in [3.05, 3.63) is 73.3 Å². The zero-order valence-electron chi connectivity index (χ0n) is 18.4. The predicted molar refractivity (Wildman–Crippen MR) is 129 cm³/mol. The number of carbonyl (C=O) groups is 2. The van der Waals surface area contributed by atoms with Crippen LogP contribution in [-0.4, -0.2) is 58.9 Å². The number of benzene rings is 1. The van der Waals surface area contributed by atoms with Crippen molar-refractivity contribution in [2.45, 2.75) is 20.4 Å². The van der Waals surface area contributed by atoms with Crippen molar-refractivity contribution in [3.8, 4) is 0 Å². The number of nitrogens with zero attached hydrogens (tertiary/aromatic N) is 4. The van der Waals surface area contributed by atoms with Gasteiger partial charge in [-0.15, -0.1) is 11.3 Å². The molecule has 3 heterocycles. The lowest BCUT2D eigenvalue weighted by molar-refractivity contribution is 0.0610. The largest absolute Gasteiger partial charge is 0.454 e. The standard InChI is InChI=1S/C23H24Cl2N4O3S/c1-3-27-8-10-28(11-9-27)22(31)20-7-5-17(32-20)14-29-13-15(2)33-23(29)26-21(30)18-6-4-16(24)12-19(18)25/h4-7,12-13H,3,8-11,14H2,1-2H3. The number of carbonyl (C=O) groups excluding carboxylic acids is 2. The maximum Gasteiger partial charge on any atom is 0.289 e. The first-order chi connectivity index (χ1) is 15.8. The van der Waals surface area contributed by atoms with Gasteiger partial charge in [0, 0.05) is 42.3 Å². The van der Waals surface area contributed by atoms with E-state index >= 15 is 0 Å². The number of hydrogen-bond acceptors (Lipinski definition) is 5. The molecule has 10 heteroatoms. The van der Waals surface area contributed by atoms with Gasteiger partial charge in [0.05, 0.1) is 17.1 Å². The molecule has 0 aliphatic carbocycles. The summed E-state index contributed by atoms with van der Waals surface area (Å²) in [5, 5.41) is 0.707. The first kappa shape index (κ1) is 23.8. The van der Waals surface area contributed by atoms with E-state index in [1.807, 2.05) is 22.6 Å². The highest BCUT2D eigenvalue weighted by molar-refractivity contribution is 7.09. The molecule has 0 unspecified atom stereocenters. The molecule has 1 aromatic carbocycles. The van der Waals surface area contributed by atoms with E-state index in [1.54, 1.807) is 24.3 Å². The average molecular weight is 507 g/mol. The molecule has 4 rings (SSSR count). The molecule has 174 valence electrons. The SMILES string of the molecule is CCN1CCN(C(=O)c2ccc(Cn3cc(C)sc3=NC(=O)c3ccc(Cl)cc3Cl)o2)CC1. The molecule has 0 saturated carbocycles. The quantitative estimate of drug-likeness (QED) is 0.516. The van der Waals surface area contributed by atoms with Crippen molar-refractivity contribution in [3.63, 3.8) is 0 Å². The molecule has 1 aliphatic heterocycles. The molecule has 0 atom stereocenters. The summed E-state index contributed by atoms with van der Waals surface area (Å²) in [6.45, 7) is 8.53. The molecule has 2 aromatic heterocycles. The van der Waals surface area contributed by atoms with Crippen LogP contribution in [0.4, 0.5) is 0 Å². The Morgan fingerprint density at radius 3 is 2.58 bits per heavy atom. The number of amides is 2. The Bertz CT molecular complexity index is 1240. The summed E-state index contributed by atoms with van der Waals surface area (Å²) in [4.78, 5) is 35.4. The van der Waals surface area contributed by atoms with Gasteiger partial charge in [-0.2, -0.15) is 4.99 Å². The second-order valence-electron chi connectivity index (χ2n) is 7.79. The summed E-state index contributed by atoms with van der Waals surface area (Å²) in [7, 11) is 0. The molecular weight excluding hydrogens is 483 g/mol. The van der Waals surface area contributed by atoms with Crippen LogP contribution in [0, 0.1) is 6.92 Å². The van der Waals surface area contributed by atoms with Crippen LogP contribution in [0.25, 0.3) is 0 Å². The summed E-state index contributed by atoms with van der Waals surface area (Å²) in [5.74, 6) is 0.390. The van der Waals surface area contributed by atoms with Crippen molar-refractivity contribution < 1.29 is 14.0 Å². The van der Waals surface area contributed by atoms with Crippen molar-refractivity contribution in [1.29, 1.82) is 0 Å². The molecule has 33 heavy (non-hydrogen) atoms. The Labute approximate surface area is 205 Å². The highest BCUT2D eigenvalue weighted by atomic mass is 35.5. The summed E-state index contributed by atoms with van der Waals surface area (Å²) < 4.78 is 7.69. The topological polar surface area (TPSA) is 71.1 Å². The van der Waals surface area contributed by atoms with Gasteiger partial charge in [0.1, 0.15) is 5.76 Å². The lowest BCUT2D eigenvalue weighted by atomic mass is 10.2. The highest BCUT2D eigenvalue weighted by Crippen LogP contribution is 2.21. The van der Waals surface area contributed by atoms with Gasteiger partial charge >= 0.3 is 0 Å². The highest BCUT2D eigenvalue weighted by Gasteiger charge is 2.23. The van der Waals surface area contributed by atoms with Crippen molar-refractivity contribution in [1.82, 2.24) is 14.4 Å². The second-order valence-corrected chi connectivity index (χ2v) is 9.84. The van der Waals surface area contributed by atoms with Gasteiger partial charge in [0.2, 0.25) is 0 Å². The maximum absolute atomic E-state index is 12.8. The van der Waals surface area contributed by atoms with Gasteiger partial charge in [-0.05, 0) is 43.8 Å². The van der Waals surface area contributed by atoms with E-state index in [-0.39, 0.29) is 16.5 Å². The van der Waals surface area contributed by atoms with Crippen LogP contribution in [0.5, 0.6) is 0 Å². The zero-order chi connectivity index (χ0) is 23.5. The first-order valence-electron chi connectivity index (χ1n) is 10.7. The van der Waals surface area contributed by atoms with Crippen LogP contribution in [0.3, 0.4) is 0 Å². The normalized spacial score (nSPS) is 15.3. The number of thiazole rings is 1. The Hall–Kier alpha value is -2.39. The summed E-state index contributed by atoms with van der Waals surface area (Å²) in [6.07, 6.45) is 1.90. The van der Waals surface area contributed by atoms with Gasteiger partial charge in [-0.25, -0.2) is 0 Å². The van der Waals surface area contributed by atoms with E-state index < -0.39 is 5.91 Å². The molecule has 0 bridgehead atoms. The minimum atomic E-state index is -0.450. The smallest absolute Gasteiger partial charge is 0.289 e. The second kappa shape index (κ2) is 10.3. The number of likely N-dealkylation sites (N-methyl/N-ethyl adjacent to an activating group) is 1. The van der Waals surface area contributed by atoms with E-state index in [2.05, 4.69) is 16.8 Å². The Morgan fingerprint density at radius 2 is 1.88 bits per heavy atom. The molecule has 1 fully saturated rings. The van der Waals surface area contributed by atoms with Crippen molar-refractivity contribution in [2.24, 2.45) is 4.99 Å². The number of piperazine rings is 1. The van der Waals surface area contributed by atoms with Gasteiger partial charge < -0.3 is 18.8 Å². The van der Waals surface area contributed by atoms with Crippen molar-refractivity contribution >= 4 is 46.4 Å². The molecule has 1 saturated heterocycles. The number of furan rings is 1. The van der Waals surface area contributed by atoms with Crippen LogP contribution >= 0.6 is 34.5 Å². The van der Waals surface area contributed by atoms with E-state index in [9.17, 15) is 9.59 Å². The van der Waals surface area contributed by atoms with Crippen LogP contribution in [0.15, 0.2) is 45.9 Å². The number of hydrogen-bond donors (Lipinski definition) is 0. The third kappa shape index (κ3) is 5.58. The monoisotopic (exact) mass is 506 g/mol. The number of aromatic nitrogens is 1. The minimum absolute atomic E-state index is 0.0963. The molecule has 0 N–H and O–H groups in total. The molecular formula is C23H24Cl2N4O3S. The fourth-order valence-corrected chi connectivity index (χ4v) is 5.00. The van der Waals surface area contributed by atoms with Crippen molar-refractivity contribution in [2.75, 3.05) is 32.7 Å². The average Bonchev–Trinajstić information content (AvgIpc) is 3.39. The van der Waals surface area contributed by atoms with Gasteiger partial charge in [-0.3, -0.25) is 9.59 Å². The van der Waals surface area contributed by atoms with E-state index in [1.165, 1.54) is 17.4 Å². The van der Waals surface area contributed by atoms with E-state index in [0.29, 0.717) is 41.0 Å². The van der Waals surface area contributed by atoms with Gasteiger partial charge in [-0.1, -0.05) is 30.1 Å². The Kier molecular flexibility index (Phi) is 7.38. The van der Waals surface area contributed by atoms with Crippen LogP contribution in [0.1, 0.15) is 38.5 Å². The van der Waals surface area contributed by atoms with Crippen LogP contribution in [0.2, 0.25) is 10.0 Å². The minimum Gasteiger partial charge on any atom is -0.454 e. The zero-order valence-corrected chi connectivity index (χ0v) is 20.7. The fourth-order valence-electron chi connectivity index (χ4n) is 3.68. The first-order valence-corrected chi connectivity index (χ1v) is 12.2.